The van der Waals surface area contributed by atoms with Gasteiger partial charge in [-0.25, -0.2) is 4.39 Å². The van der Waals surface area contributed by atoms with Crippen molar-refractivity contribution in [2.24, 2.45) is 0 Å². The average Bonchev–Trinajstić information content (AvgIpc) is 2.97. The Balaban J connectivity index is 1.78. The van der Waals surface area contributed by atoms with Crippen LogP contribution in [0.3, 0.4) is 0 Å². The highest BCUT2D eigenvalue weighted by Gasteiger charge is 2.21. The molecule has 3 aromatic rings. The quantitative estimate of drug-likeness (QED) is 0.631. The molecule has 0 saturated carbocycles. The highest BCUT2D eigenvalue weighted by molar-refractivity contribution is 9.10. The fraction of sp³-hybridized carbons (Fsp3) is 0.158. The van der Waals surface area contributed by atoms with Crippen molar-refractivity contribution in [2.75, 3.05) is 5.32 Å². The van der Waals surface area contributed by atoms with E-state index in [0.29, 0.717) is 21.5 Å². The van der Waals surface area contributed by atoms with Crippen molar-refractivity contribution in [3.63, 3.8) is 0 Å². The van der Waals surface area contributed by atoms with E-state index in [-0.39, 0.29) is 18.0 Å². The second-order valence-electron chi connectivity index (χ2n) is 5.70. The summed E-state index contributed by atoms with van der Waals surface area (Å²) in [6.07, 6.45) is 0. The summed E-state index contributed by atoms with van der Waals surface area (Å²) in [5.41, 5.74) is 1.62. The minimum atomic E-state index is -0.563. The smallest absolute Gasteiger partial charge is 0.278 e. The van der Waals surface area contributed by atoms with Gasteiger partial charge in [-0.15, -0.1) is 0 Å². The van der Waals surface area contributed by atoms with E-state index in [1.165, 1.54) is 12.1 Å². The maximum Gasteiger partial charge on any atom is 0.278 e. The zero-order chi connectivity index (χ0) is 18.7. The molecular weight excluding hydrogens is 403 g/mol. The van der Waals surface area contributed by atoms with Gasteiger partial charge in [0.1, 0.15) is 23.9 Å². The van der Waals surface area contributed by atoms with E-state index in [0.717, 1.165) is 5.56 Å². The van der Waals surface area contributed by atoms with Crippen LogP contribution in [0.4, 0.5) is 10.1 Å². The summed E-state index contributed by atoms with van der Waals surface area (Å²) in [7, 11) is 0. The molecule has 0 atom stereocenters. The van der Waals surface area contributed by atoms with Gasteiger partial charge in [0.25, 0.3) is 5.91 Å². The number of para-hydroxylation sites is 1. The van der Waals surface area contributed by atoms with E-state index in [4.69, 9.17) is 9.26 Å². The summed E-state index contributed by atoms with van der Waals surface area (Å²) in [6, 6.07) is 11.9. The Morgan fingerprint density at radius 1 is 1.27 bits per heavy atom. The number of carbonyl (C=O) groups excluding carboxylic acids is 1. The largest absolute Gasteiger partial charge is 0.488 e. The molecule has 0 saturated heterocycles. The fourth-order valence-corrected chi connectivity index (χ4v) is 2.71. The Kier molecular flexibility index (Phi) is 5.37. The Labute approximate surface area is 158 Å². The number of aromatic nitrogens is 1. The summed E-state index contributed by atoms with van der Waals surface area (Å²) in [5.74, 6) is 0.0653. The molecule has 0 aliphatic rings. The number of carbonyl (C=O) groups is 1. The second kappa shape index (κ2) is 7.70. The van der Waals surface area contributed by atoms with Gasteiger partial charge in [0.05, 0.1) is 11.3 Å². The fourth-order valence-electron chi connectivity index (χ4n) is 2.38. The molecule has 1 amide bonds. The molecule has 0 aliphatic carbocycles. The number of benzene rings is 2. The molecule has 1 heterocycles. The standard InChI is InChI=1S/C19H16BrFN2O3/c1-11-5-3-4-6-17(11)25-10-14-12(2)26-23-18(14)19(24)22-16-8-7-13(20)9-15(16)21/h3-9H,10H2,1-2H3,(H,22,24). The van der Waals surface area contributed by atoms with Crippen LogP contribution < -0.4 is 10.1 Å². The first-order valence-electron chi connectivity index (χ1n) is 7.85. The highest BCUT2D eigenvalue weighted by atomic mass is 79.9. The van der Waals surface area contributed by atoms with Crippen LogP contribution in [0, 0.1) is 19.7 Å². The summed E-state index contributed by atoms with van der Waals surface area (Å²) in [5, 5.41) is 6.30. The summed E-state index contributed by atoms with van der Waals surface area (Å²) in [6.45, 7) is 3.74. The van der Waals surface area contributed by atoms with Gasteiger partial charge in [0, 0.05) is 4.47 Å². The topological polar surface area (TPSA) is 64.4 Å². The minimum Gasteiger partial charge on any atom is -0.488 e. The maximum atomic E-state index is 13.9. The third kappa shape index (κ3) is 3.94. The molecule has 1 aromatic heterocycles. The van der Waals surface area contributed by atoms with Gasteiger partial charge in [0.2, 0.25) is 0 Å². The van der Waals surface area contributed by atoms with Crippen LogP contribution in [0.5, 0.6) is 5.75 Å². The number of amides is 1. The first-order chi connectivity index (χ1) is 12.5. The monoisotopic (exact) mass is 418 g/mol. The zero-order valence-corrected chi connectivity index (χ0v) is 15.8. The highest BCUT2D eigenvalue weighted by Crippen LogP contribution is 2.23. The molecule has 0 aliphatic heterocycles. The Morgan fingerprint density at radius 2 is 2.04 bits per heavy atom. The molecule has 26 heavy (non-hydrogen) atoms. The van der Waals surface area contributed by atoms with E-state index < -0.39 is 11.7 Å². The van der Waals surface area contributed by atoms with Crippen LogP contribution in [-0.2, 0) is 6.61 Å². The van der Waals surface area contributed by atoms with E-state index >= 15 is 0 Å². The van der Waals surface area contributed by atoms with Crippen LogP contribution >= 0.6 is 15.9 Å². The van der Waals surface area contributed by atoms with Crippen molar-refractivity contribution >= 4 is 27.5 Å². The number of hydrogen-bond acceptors (Lipinski definition) is 4. The first-order valence-corrected chi connectivity index (χ1v) is 8.65. The molecule has 0 unspecified atom stereocenters. The molecule has 7 heteroatoms. The Morgan fingerprint density at radius 3 is 2.77 bits per heavy atom. The lowest BCUT2D eigenvalue weighted by Gasteiger charge is -2.09. The zero-order valence-electron chi connectivity index (χ0n) is 14.2. The van der Waals surface area contributed by atoms with Crippen molar-refractivity contribution in [2.45, 2.75) is 20.5 Å². The molecule has 0 radical (unpaired) electrons. The predicted octanol–water partition coefficient (Wildman–Crippen LogP) is 5.02. The van der Waals surface area contributed by atoms with Gasteiger partial charge in [0.15, 0.2) is 5.69 Å². The van der Waals surface area contributed by atoms with E-state index in [9.17, 15) is 9.18 Å². The third-order valence-electron chi connectivity index (χ3n) is 3.84. The Hall–Kier alpha value is -2.67. The van der Waals surface area contributed by atoms with Crippen molar-refractivity contribution in [3.8, 4) is 5.75 Å². The van der Waals surface area contributed by atoms with Gasteiger partial charge in [-0.3, -0.25) is 4.79 Å². The lowest BCUT2D eigenvalue weighted by atomic mass is 10.2. The number of nitrogens with one attached hydrogen (secondary N) is 1. The van der Waals surface area contributed by atoms with Crippen LogP contribution in [0.25, 0.3) is 0 Å². The van der Waals surface area contributed by atoms with Crippen LogP contribution in [0.15, 0.2) is 51.5 Å². The SMILES string of the molecule is Cc1ccccc1OCc1c(C(=O)Nc2ccc(Br)cc2F)noc1C. The van der Waals surface area contributed by atoms with Gasteiger partial charge in [-0.2, -0.15) is 0 Å². The number of anilines is 1. The van der Waals surface area contributed by atoms with Crippen molar-refractivity contribution < 1.29 is 18.4 Å². The van der Waals surface area contributed by atoms with Crippen LogP contribution in [0.1, 0.15) is 27.4 Å². The average molecular weight is 419 g/mol. The lowest BCUT2D eigenvalue weighted by molar-refractivity contribution is 0.101. The second-order valence-corrected chi connectivity index (χ2v) is 6.61. The van der Waals surface area contributed by atoms with Crippen LogP contribution in [0.2, 0.25) is 0 Å². The normalized spacial score (nSPS) is 10.6. The minimum absolute atomic E-state index is 0.0598. The molecular formula is C19H16BrFN2O3. The first kappa shape index (κ1) is 18.1. The number of hydrogen-bond donors (Lipinski definition) is 1. The lowest BCUT2D eigenvalue weighted by Crippen LogP contribution is -2.16. The van der Waals surface area contributed by atoms with Crippen LogP contribution in [-0.4, -0.2) is 11.1 Å². The maximum absolute atomic E-state index is 13.9. The predicted molar refractivity (Wildman–Crippen MR) is 98.8 cm³/mol. The number of rotatable bonds is 5. The van der Waals surface area contributed by atoms with Gasteiger partial charge in [-0.1, -0.05) is 39.3 Å². The van der Waals surface area contributed by atoms with Crippen molar-refractivity contribution in [3.05, 3.63) is 75.3 Å². The molecule has 5 nitrogen and oxygen atoms in total. The van der Waals surface area contributed by atoms with E-state index in [2.05, 4.69) is 26.4 Å². The van der Waals surface area contributed by atoms with Gasteiger partial charge >= 0.3 is 0 Å². The molecule has 134 valence electrons. The van der Waals surface area contributed by atoms with Crippen molar-refractivity contribution in [1.29, 1.82) is 0 Å². The van der Waals surface area contributed by atoms with Gasteiger partial charge in [-0.05, 0) is 43.7 Å². The number of halogens is 2. The van der Waals surface area contributed by atoms with Gasteiger partial charge < -0.3 is 14.6 Å². The summed E-state index contributed by atoms with van der Waals surface area (Å²) in [4.78, 5) is 12.5. The summed E-state index contributed by atoms with van der Waals surface area (Å²) >= 11 is 3.17. The molecule has 0 bridgehead atoms. The summed E-state index contributed by atoms with van der Waals surface area (Å²) < 4.78 is 25.4. The number of ether oxygens (including phenoxy) is 1. The molecule has 2 aromatic carbocycles. The third-order valence-corrected chi connectivity index (χ3v) is 4.34. The molecule has 1 N–H and O–H groups in total. The van der Waals surface area contributed by atoms with E-state index in [1.807, 2.05) is 31.2 Å². The van der Waals surface area contributed by atoms with Crippen molar-refractivity contribution in [1.82, 2.24) is 5.16 Å². The molecule has 0 spiro atoms. The number of nitrogens with zero attached hydrogens (tertiary/aromatic N) is 1. The van der Waals surface area contributed by atoms with E-state index in [1.54, 1.807) is 13.0 Å². The molecule has 0 fully saturated rings. The Bertz CT molecular complexity index is 956. The molecule has 3 rings (SSSR count). The number of aryl methyl sites for hydroxylation is 2.